The average molecular weight is 268 g/mol. The molecule has 1 rings (SSSR count). The molecule has 74 valence electrons. The van der Waals surface area contributed by atoms with Gasteiger partial charge in [0, 0.05) is 13.2 Å². The largest absolute Gasteiger partial charge is 0.276 e. The van der Waals surface area contributed by atoms with Crippen molar-refractivity contribution >= 4 is 26.0 Å². The summed E-state index contributed by atoms with van der Waals surface area (Å²) >= 11 is 2.87. The Balaban J connectivity index is 2.53. The first-order chi connectivity index (χ1) is 6.03. The highest BCUT2D eigenvalue weighted by atomic mass is 79.9. The number of halogens is 1. The van der Waals surface area contributed by atoms with Gasteiger partial charge in [0.05, 0.1) is 12.2 Å². The van der Waals surface area contributed by atoms with Crippen molar-refractivity contribution in [3.05, 3.63) is 18.0 Å². The van der Waals surface area contributed by atoms with Crippen LogP contribution in [0.15, 0.2) is 12.3 Å². The van der Waals surface area contributed by atoms with Gasteiger partial charge in [0.15, 0.2) is 0 Å². The van der Waals surface area contributed by atoms with E-state index < -0.39 is 10.0 Å². The molecule has 13 heavy (non-hydrogen) atoms. The number of sulfonamides is 1. The summed E-state index contributed by atoms with van der Waals surface area (Å²) in [5, 5.41) is 4.02. The highest BCUT2D eigenvalue weighted by Gasteiger charge is 2.07. The SMILES string of the molecule is Cn1ccc(CNS(=O)(=O)CBr)n1. The quantitative estimate of drug-likeness (QED) is 0.793. The summed E-state index contributed by atoms with van der Waals surface area (Å²) in [7, 11) is -1.41. The number of hydrogen-bond acceptors (Lipinski definition) is 3. The van der Waals surface area contributed by atoms with E-state index in [-0.39, 0.29) is 11.2 Å². The van der Waals surface area contributed by atoms with Gasteiger partial charge < -0.3 is 0 Å². The van der Waals surface area contributed by atoms with Crippen molar-refractivity contribution in [1.29, 1.82) is 0 Å². The Morgan fingerprint density at radius 3 is 2.85 bits per heavy atom. The maximum atomic E-state index is 11.0. The molecule has 0 saturated carbocycles. The van der Waals surface area contributed by atoms with Crippen molar-refractivity contribution in [2.24, 2.45) is 7.05 Å². The van der Waals surface area contributed by atoms with Gasteiger partial charge in [-0.1, -0.05) is 15.9 Å². The number of hydrogen-bond donors (Lipinski definition) is 1. The van der Waals surface area contributed by atoms with E-state index in [1.165, 1.54) is 0 Å². The zero-order valence-electron chi connectivity index (χ0n) is 7.07. The minimum atomic E-state index is -3.19. The molecule has 0 saturated heterocycles. The van der Waals surface area contributed by atoms with Gasteiger partial charge >= 0.3 is 0 Å². The van der Waals surface area contributed by atoms with Crippen LogP contribution in [-0.4, -0.2) is 22.9 Å². The van der Waals surface area contributed by atoms with Crippen molar-refractivity contribution in [1.82, 2.24) is 14.5 Å². The molecule has 0 aromatic carbocycles. The normalized spacial score (nSPS) is 11.8. The van der Waals surface area contributed by atoms with Crippen LogP contribution in [0.2, 0.25) is 0 Å². The number of rotatable bonds is 4. The average Bonchev–Trinajstić information content (AvgIpc) is 2.48. The van der Waals surface area contributed by atoms with E-state index in [2.05, 4.69) is 25.8 Å². The lowest BCUT2D eigenvalue weighted by Gasteiger charge is -1.99. The van der Waals surface area contributed by atoms with Crippen molar-refractivity contribution in [3.8, 4) is 0 Å². The first-order valence-corrected chi connectivity index (χ1v) is 6.33. The molecule has 5 nitrogen and oxygen atoms in total. The maximum Gasteiger partial charge on any atom is 0.221 e. The predicted octanol–water partition coefficient (Wildman–Crippen LogP) is 0.192. The fourth-order valence-corrected chi connectivity index (χ4v) is 1.71. The van der Waals surface area contributed by atoms with Gasteiger partial charge in [0.25, 0.3) is 0 Å². The summed E-state index contributed by atoms with van der Waals surface area (Å²) in [5.41, 5.74) is 0.701. The first-order valence-electron chi connectivity index (χ1n) is 3.55. The Hall–Kier alpha value is -0.400. The first kappa shape index (κ1) is 10.7. The molecule has 0 fully saturated rings. The van der Waals surface area contributed by atoms with E-state index >= 15 is 0 Å². The van der Waals surface area contributed by atoms with Crippen LogP contribution in [0.4, 0.5) is 0 Å². The monoisotopic (exact) mass is 267 g/mol. The molecule has 0 aliphatic heterocycles. The summed E-state index contributed by atoms with van der Waals surface area (Å²) in [5.74, 6) is 0. The Bertz CT molecular complexity index is 373. The van der Waals surface area contributed by atoms with Gasteiger partial charge in [-0.3, -0.25) is 4.68 Å². The van der Waals surface area contributed by atoms with Crippen LogP contribution in [0.1, 0.15) is 5.69 Å². The van der Waals surface area contributed by atoms with E-state index in [0.29, 0.717) is 5.69 Å². The fourth-order valence-electron chi connectivity index (χ4n) is 0.780. The number of aryl methyl sites for hydroxylation is 1. The van der Waals surface area contributed by atoms with E-state index in [1.807, 2.05) is 0 Å². The topological polar surface area (TPSA) is 64.0 Å². The van der Waals surface area contributed by atoms with Gasteiger partial charge in [-0.25, -0.2) is 13.1 Å². The van der Waals surface area contributed by atoms with Gasteiger partial charge in [-0.15, -0.1) is 0 Å². The molecule has 0 aliphatic rings. The summed E-state index contributed by atoms with van der Waals surface area (Å²) in [4.78, 5) is 0. The molecule has 1 heterocycles. The lowest BCUT2D eigenvalue weighted by Crippen LogP contribution is -2.24. The molecule has 0 bridgehead atoms. The standard InChI is InChI=1S/C6H10BrN3O2S/c1-10-3-2-6(9-10)4-8-13(11,12)5-7/h2-3,8H,4-5H2,1H3. The van der Waals surface area contributed by atoms with Gasteiger partial charge in [0.1, 0.15) is 4.66 Å². The van der Waals surface area contributed by atoms with Gasteiger partial charge in [0.2, 0.25) is 10.0 Å². The van der Waals surface area contributed by atoms with Crippen LogP contribution in [0.25, 0.3) is 0 Å². The van der Waals surface area contributed by atoms with Crippen LogP contribution >= 0.6 is 15.9 Å². The second kappa shape index (κ2) is 4.21. The van der Waals surface area contributed by atoms with Crippen molar-refractivity contribution < 1.29 is 8.42 Å². The minimum absolute atomic E-state index is 0.0904. The maximum absolute atomic E-state index is 11.0. The highest BCUT2D eigenvalue weighted by Crippen LogP contribution is 1.96. The molecule has 0 radical (unpaired) electrons. The molecule has 0 aliphatic carbocycles. The molecule has 0 spiro atoms. The second-order valence-corrected chi connectivity index (χ2v) is 5.64. The summed E-state index contributed by atoms with van der Waals surface area (Å²) in [6.45, 7) is 0.231. The van der Waals surface area contributed by atoms with Gasteiger partial charge in [-0.05, 0) is 6.07 Å². The van der Waals surface area contributed by atoms with Crippen LogP contribution < -0.4 is 4.72 Å². The summed E-state index contributed by atoms with van der Waals surface area (Å²) in [6, 6.07) is 1.76. The third-order valence-electron chi connectivity index (χ3n) is 1.39. The van der Waals surface area contributed by atoms with Crippen LogP contribution in [0.5, 0.6) is 0 Å². The Kier molecular flexibility index (Phi) is 3.46. The lowest BCUT2D eigenvalue weighted by atomic mass is 10.4. The third kappa shape index (κ3) is 3.45. The Labute approximate surface area is 85.3 Å². The third-order valence-corrected chi connectivity index (χ3v) is 4.07. The van der Waals surface area contributed by atoms with E-state index in [0.717, 1.165) is 0 Å². The molecule has 0 unspecified atom stereocenters. The van der Waals surface area contributed by atoms with Crippen molar-refractivity contribution in [3.63, 3.8) is 0 Å². The summed E-state index contributed by atoms with van der Waals surface area (Å²) < 4.78 is 25.9. The van der Waals surface area contributed by atoms with Gasteiger partial charge in [-0.2, -0.15) is 5.10 Å². The van der Waals surface area contributed by atoms with Crippen molar-refractivity contribution in [2.75, 3.05) is 4.66 Å². The van der Waals surface area contributed by atoms with E-state index in [4.69, 9.17) is 0 Å². The predicted molar refractivity (Wildman–Crippen MR) is 52.8 cm³/mol. The fraction of sp³-hybridized carbons (Fsp3) is 0.500. The molecular formula is C6H10BrN3O2S. The lowest BCUT2D eigenvalue weighted by molar-refractivity contribution is 0.585. The van der Waals surface area contributed by atoms with E-state index in [1.54, 1.807) is 24.0 Å². The number of nitrogens with zero attached hydrogens (tertiary/aromatic N) is 2. The van der Waals surface area contributed by atoms with Crippen LogP contribution in [0, 0.1) is 0 Å². The highest BCUT2D eigenvalue weighted by molar-refractivity contribution is 9.10. The molecule has 7 heteroatoms. The molecule has 1 N–H and O–H groups in total. The van der Waals surface area contributed by atoms with E-state index in [9.17, 15) is 8.42 Å². The number of alkyl halides is 1. The molecular weight excluding hydrogens is 258 g/mol. The molecule has 1 aromatic rings. The molecule has 1 aromatic heterocycles. The van der Waals surface area contributed by atoms with Crippen LogP contribution in [0.3, 0.4) is 0 Å². The smallest absolute Gasteiger partial charge is 0.221 e. The molecule has 0 amide bonds. The number of nitrogens with one attached hydrogen (secondary N) is 1. The zero-order chi connectivity index (χ0) is 9.90. The number of aromatic nitrogens is 2. The summed E-state index contributed by atoms with van der Waals surface area (Å²) in [6.07, 6.45) is 1.76. The zero-order valence-corrected chi connectivity index (χ0v) is 9.47. The Morgan fingerprint density at radius 2 is 2.38 bits per heavy atom. The second-order valence-electron chi connectivity index (χ2n) is 2.53. The molecule has 0 atom stereocenters. The Morgan fingerprint density at radius 1 is 1.69 bits per heavy atom. The van der Waals surface area contributed by atoms with Crippen molar-refractivity contribution in [2.45, 2.75) is 6.54 Å². The minimum Gasteiger partial charge on any atom is -0.276 e. The van der Waals surface area contributed by atoms with Crippen LogP contribution in [-0.2, 0) is 23.6 Å².